The molecule has 0 radical (unpaired) electrons. The first kappa shape index (κ1) is 18.4. The van der Waals surface area contributed by atoms with E-state index in [1.807, 2.05) is 11.8 Å². The number of amides is 2. The van der Waals surface area contributed by atoms with Crippen molar-refractivity contribution in [3.8, 4) is 11.4 Å². The Hall–Kier alpha value is -3.01. The third kappa shape index (κ3) is 3.31. The predicted molar refractivity (Wildman–Crippen MR) is 104 cm³/mol. The smallest absolute Gasteiger partial charge is 0.325 e. The van der Waals surface area contributed by atoms with Gasteiger partial charge < -0.3 is 14.7 Å². The number of nitrogens with one attached hydrogen (secondary N) is 2. The van der Waals surface area contributed by atoms with Gasteiger partial charge in [-0.2, -0.15) is 4.98 Å². The van der Waals surface area contributed by atoms with Gasteiger partial charge in [0.25, 0.3) is 0 Å². The van der Waals surface area contributed by atoms with Crippen LogP contribution in [0.25, 0.3) is 11.4 Å². The van der Waals surface area contributed by atoms with Crippen molar-refractivity contribution in [3.05, 3.63) is 40.7 Å². The van der Waals surface area contributed by atoms with Crippen LogP contribution < -0.4 is 15.5 Å². The molecule has 2 atom stereocenters. The zero-order valence-electron chi connectivity index (χ0n) is 15.6. The van der Waals surface area contributed by atoms with Crippen LogP contribution in [0.1, 0.15) is 30.5 Å². The number of nitrogens with zero attached hydrogens (tertiary/aromatic N) is 4. The Morgan fingerprint density at radius 3 is 2.75 bits per heavy atom. The van der Waals surface area contributed by atoms with Gasteiger partial charge in [0.05, 0.1) is 16.6 Å². The summed E-state index contributed by atoms with van der Waals surface area (Å²) >= 11 is 1.44. The highest BCUT2D eigenvalue weighted by molar-refractivity contribution is 7.16. The number of anilines is 2. The van der Waals surface area contributed by atoms with Crippen LogP contribution in [-0.2, 0) is 6.42 Å². The van der Waals surface area contributed by atoms with Crippen molar-refractivity contribution in [1.82, 2.24) is 20.4 Å². The van der Waals surface area contributed by atoms with Crippen LogP contribution in [0.4, 0.5) is 20.3 Å². The molecule has 8 nitrogen and oxygen atoms in total. The zero-order valence-corrected chi connectivity index (χ0v) is 16.4. The molecular formula is C18H19FN6O2S. The van der Waals surface area contributed by atoms with Crippen molar-refractivity contribution in [1.29, 1.82) is 0 Å². The second-order valence-electron chi connectivity index (χ2n) is 6.58. The topological polar surface area (TPSA) is 96.2 Å². The maximum atomic E-state index is 13.1. The quantitative estimate of drug-likeness (QED) is 0.695. The summed E-state index contributed by atoms with van der Waals surface area (Å²) in [5.41, 5.74) is 1.65. The third-order valence-corrected chi connectivity index (χ3v) is 5.86. The van der Waals surface area contributed by atoms with Gasteiger partial charge >= 0.3 is 12.0 Å². The van der Waals surface area contributed by atoms with E-state index in [1.54, 1.807) is 19.2 Å². The third-order valence-electron chi connectivity index (χ3n) is 4.67. The normalized spacial score (nSPS) is 18.6. The van der Waals surface area contributed by atoms with Crippen molar-refractivity contribution < 1.29 is 13.7 Å². The standard InChI is InChI=1S/C18H19FN6O2S/c1-9-8-13-14(28-17(21-13)23-16(26)20-3)10(2)25(9)18-22-15(24-27-18)11-4-6-12(19)7-5-11/h4-7,9-10H,8H2,1-3H3,(H2,20,21,23,26)/t9-,10+/m1/s1. The fraction of sp³-hybridized carbons (Fsp3) is 0.333. The second-order valence-corrected chi connectivity index (χ2v) is 7.61. The van der Waals surface area contributed by atoms with E-state index in [9.17, 15) is 9.18 Å². The van der Waals surface area contributed by atoms with Crippen LogP contribution in [0, 0.1) is 5.82 Å². The summed E-state index contributed by atoms with van der Waals surface area (Å²) < 4.78 is 18.6. The summed E-state index contributed by atoms with van der Waals surface area (Å²) in [6.07, 6.45) is 0.694. The molecule has 3 aromatic rings. The van der Waals surface area contributed by atoms with Crippen LogP contribution in [-0.4, -0.2) is 34.2 Å². The summed E-state index contributed by atoms with van der Waals surface area (Å²) in [7, 11) is 1.56. The first-order chi connectivity index (χ1) is 13.5. The van der Waals surface area contributed by atoms with Gasteiger partial charge in [-0.15, -0.1) is 0 Å². The van der Waals surface area contributed by atoms with Crippen LogP contribution in [0.15, 0.2) is 28.8 Å². The number of rotatable bonds is 3. The summed E-state index contributed by atoms with van der Waals surface area (Å²) in [5, 5.41) is 9.85. The number of thiazole rings is 1. The van der Waals surface area contributed by atoms with E-state index in [-0.39, 0.29) is 23.9 Å². The molecule has 1 aliphatic rings. The van der Waals surface area contributed by atoms with Crippen LogP contribution >= 0.6 is 11.3 Å². The Labute approximate surface area is 164 Å². The molecule has 2 amide bonds. The number of aromatic nitrogens is 3. The van der Waals surface area contributed by atoms with E-state index >= 15 is 0 Å². The molecule has 1 aromatic carbocycles. The Morgan fingerprint density at radius 2 is 2.04 bits per heavy atom. The second kappa shape index (κ2) is 7.19. The number of carbonyl (C=O) groups excluding carboxylic acids is 1. The van der Waals surface area contributed by atoms with E-state index < -0.39 is 0 Å². The minimum atomic E-state index is -0.315. The van der Waals surface area contributed by atoms with Crippen molar-refractivity contribution in [2.75, 3.05) is 17.3 Å². The van der Waals surface area contributed by atoms with Gasteiger partial charge in [0, 0.05) is 25.1 Å². The SMILES string of the molecule is CNC(=O)Nc1nc2c(s1)[C@H](C)N(c1nc(-c3ccc(F)cc3)no1)[C@H](C)C2. The lowest BCUT2D eigenvalue weighted by Gasteiger charge is -2.36. The summed E-state index contributed by atoms with van der Waals surface area (Å²) in [6, 6.07) is 6.10. The molecule has 2 N–H and O–H groups in total. The van der Waals surface area contributed by atoms with Crippen molar-refractivity contribution in [2.24, 2.45) is 0 Å². The van der Waals surface area contributed by atoms with Crippen LogP contribution in [0.5, 0.6) is 0 Å². The minimum Gasteiger partial charge on any atom is -0.341 e. The number of carbonyl (C=O) groups is 1. The molecule has 0 aliphatic carbocycles. The van der Waals surface area contributed by atoms with Gasteiger partial charge in [-0.25, -0.2) is 14.2 Å². The molecule has 0 saturated heterocycles. The fourth-order valence-corrected chi connectivity index (χ4v) is 4.37. The molecule has 146 valence electrons. The van der Waals surface area contributed by atoms with Crippen molar-refractivity contribution in [3.63, 3.8) is 0 Å². The number of fused-ring (bicyclic) bond motifs is 1. The summed E-state index contributed by atoms with van der Waals surface area (Å²) in [5.74, 6) is 0.0936. The molecule has 1 aliphatic heterocycles. The molecule has 28 heavy (non-hydrogen) atoms. The molecule has 0 saturated carbocycles. The molecule has 0 spiro atoms. The number of hydrogen-bond donors (Lipinski definition) is 2. The highest BCUT2D eigenvalue weighted by Gasteiger charge is 2.35. The van der Waals surface area contributed by atoms with E-state index in [0.717, 1.165) is 10.6 Å². The summed E-state index contributed by atoms with van der Waals surface area (Å²) in [4.78, 5) is 23.7. The maximum Gasteiger partial charge on any atom is 0.325 e. The number of hydrogen-bond acceptors (Lipinski definition) is 7. The lowest BCUT2D eigenvalue weighted by atomic mass is 10.0. The average molecular weight is 402 g/mol. The monoisotopic (exact) mass is 402 g/mol. The van der Waals surface area contributed by atoms with Gasteiger partial charge in [-0.3, -0.25) is 5.32 Å². The summed E-state index contributed by atoms with van der Waals surface area (Å²) in [6.45, 7) is 4.10. The molecule has 2 aromatic heterocycles. The van der Waals surface area contributed by atoms with Gasteiger partial charge in [0.1, 0.15) is 5.82 Å². The Morgan fingerprint density at radius 1 is 1.29 bits per heavy atom. The van der Waals surface area contributed by atoms with Crippen LogP contribution in [0.2, 0.25) is 0 Å². The van der Waals surface area contributed by atoms with E-state index in [0.29, 0.717) is 29.0 Å². The highest BCUT2D eigenvalue weighted by atomic mass is 32.1. The predicted octanol–water partition coefficient (Wildman–Crippen LogP) is 3.60. The molecule has 10 heteroatoms. The first-order valence-corrected chi connectivity index (χ1v) is 9.64. The lowest BCUT2D eigenvalue weighted by Crippen LogP contribution is -2.41. The zero-order chi connectivity index (χ0) is 19.8. The van der Waals surface area contributed by atoms with E-state index in [1.165, 1.54) is 23.5 Å². The largest absolute Gasteiger partial charge is 0.341 e. The number of benzene rings is 1. The Kier molecular flexibility index (Phi) is 4.71. The van der Waals surface area contributed by atoms with E-state index in [2.05, 4.69) is 32.7 Å². The Balaban J connectivity index is 1.61. The Bertz CT molecular complexity index is 1000. The molecule has 3 heterocycles. The van der Waals surface area contributed by atoms with Crippen molar-refractivity contribution in [2.45, 2.75) is 32.4 Å². The van der Waals surface area contributed by atoms with E-state index in [4.69, 9.17) is 4.52 Å². The van der Waals surface area contributed by atoms with Gasteiger partial charge in [0.15, 0.2) is 5.13 Å². The number of urea groups is 1. The average Bonchev–Trinajstić information content (AvgIpc) is 3.29. The maximum absolute atomic E-state index is 13.1. The molecule has 0 bridgehead atoms. The molecule has 0 unspecified atom stereocenters. The molecular weight excluding hydrogens is 383 g/mol. The molecule has 4 rings (SSSR count). The first-order valence-electron chi connectivity index (χ1n) is 8.82. The minimum absolute atomic E-state index is 0.0435. The van der Waals surface area contributed by atoms with Crippen LogP contribution in [0.3, 0.4) is 0 Å². The fourth-order valence-electron chi connectivity index (χ4n) is 3.33. The molecule has 0 fully saturated rings. The van der Waals surface area contributed by atoms with Gasteiger partial charge in [0.2, 0.25) is 5.82 Å². The number of halogens is 1. The highest BCUT2D eigenvalue weighted by Crippen LogP contribution is 2.40. The van der Waals surface area contributed by atoms with Gasteiger partial charge in [-0.05, 0) is 38.1 Å². The van der Waals surface area contributed by atoms with Gasteiger partial charge in [-0.1, -0.05) is 16.5 Å². The lowest BCUT2D eigenvalue weighted by molar-refractivity contribution is 0.254. The van der Waals surface area contributed by atoms with Crippen molar-refractivity contribution >= 4 is 28.5 Å².